The lowest BCUT2D eigenvalue weighted by atomic mass is 9.95. The Balaban J connectivity index is 2.34. The van der Waals surface area contributed by atoms with E-state index in [1.165, 1.54) is 9.80 Å². The molecule has 0 aliphatic carbocycles. The highest BCUT2D eigenvalue weighted by atomic mass is 19.3. The summed E-state index contributed by atoms with van der Waals surface area (Å²) in [5, 5.41) is 0. The van der Waals surface area contributed by atoms with Crippen LogP contribution in [0.3, 0.4) is 0 Å². The molecule has 0 spiro atoms. The highest BCUT2D eigenvalue weighted by Gasteiger charge is 2.25. The molecule has 3 amide bonds. The molecule has 20 heavy (non-hydrogen) atoms. The lowest BCUT2D eigenvalue weighted by Gasteiger charge is -2.32. The fourth-order valence-electron chi connectivity index (χ4n) is 2.18. The fourth-order valence-corrected chi connectivity index (χ4v) is 2.18. The maximum atomic E-state index is 12.0. The molecule has 0 radical (unpaired) electrons. The summed E-state index contributed by atoms with van der Waals surface area (Å²) in [6.45, 7) is 0.628. The van der Waals surface area contributed by atoms with E-state index in [9.17, 15) is 18.4 Å². The molecule has 1 rings (SSSR count). The third-order valence-electron chi connectivity index (χ3n) is 3.36. The number of hydrogen-bond acceptors (Lipinski definition) is 3. The van der Waals surface area contributed by atoms with Crippen LogP contribution in [-0.4, -0.2) is 61.6 Å². The highest BCUT2D eigenvalue weighted by molar-refractivity contribution is 5.71. The van der Waals surface area contributed by atoms with Gasteiger partial charge in [-0.3, -0.25) is 0 Å². The van der Waals surface area contributed by atoms with Crippen LogP contribution < -0.4 is 5.73 Å². The van der Waals surface area contributed by atoms with Gasteiger partial charge >= 0.3 is 12.1 Å². The molecule has 1 saturated heterocycles. The number of urea groups is 1. The number of carbonyl (C=O) groups excluding carboxylic acids is 2. The average molecular weight is 293 g/mol. The van der Waals surface area contributed by atoms with Gasteiger partial charge in [0.05, 0.1) is 0 Å². The summed E-state index contributed by atoms with van der Waals surface area (Å²) in [5.74, 6) is 0.227. The van der Waals surface area contributed by atoms with Crippen molar-refractivity contribution >= 4 is 12.1 Å². The van der Waals surface area contributed by atoms with Crippen LogP contribution in [0.15, 0.2) is 0 Å². The Labute approximate surface area is 116 Å². The van der Waals surface area contributed by atoms with E-state index in [1.807, 2.05) is 0 Å². The molecule has 1 aliphatic rings. The van der Waals surface area contributed by atoms with E-state index in [1.54, 1.807) is 7.05 Å². The van der Waals surface area contributed by atoms with E-state index in [4.69, 9.17) is 5.73 Å². The number of nitrogens with two attached hydrogens (primary N) is 1. The van der Waals surface area contributed by atoms with Gasteiger partial charge in [-0.25, -0.2) is 18.4 Å². The molecule has 1 unspecified atom stereocenters. The predicted molar refractivity (Wildman–Crippen MR) is 68.5 cm³/mol. The summed E-state index contributed by atoms with van der Waals surface area (Å²) in [7, 11) is 1.61. The number of carbonyl (C=O) groups is 2. The Bertz CT molecular complexity index is 342. The Morgan fingerprint density at radius 3 is 2.80 bits per heavy atom. The number of piperidine rings is 1. The topological polar surface area (TPSA) is 75.9 Å². The van der Waals surface area contributed by atoms with Crippen molar-refractivity contribution in [1.29, 1.82) is 0 Å². The van der Waals surface area contributed by atoms with Gasteiger partial charge in [-0.15, -0.1) is 0 Å². The Morgan fingerprint density at radius 1 is 1.50 bits per heavy atom. The Kier molecular flexibility index (Phi) is 6.47. The smallest absolute Gasteiger partial charge is 0.409 e. The molecule has 0 aromatic heterocycles. The van der Waals surface area contributed by atoms with Gasteiger partial charge in [-0.05, 0) is 25.2 Å². The number of alkyl halides is 2. The van der Waals surface area contributed by atoms with Gasteiger partial charge < -0.3 is 20.3 Å². The number of rotatable bonds is 5. The van der Waals surface area contributed by atoms with Crippen LogP contribution in [0, 0.1) is 5.92 Å². The first kappa shape index (κ1) is 16.5. The SMILES string of the molecule is CN(CCC1CCCN(C(=O)OCC(F)F)C1)C(N)=O. The third-order valence-corrected chi connectivity index (χ3v) is 3.36. The summed E-state index contributed by atoms with van der Waals surface area (Å²) >= 11 is 0. The van der Waals surface area contributed by atoms with Crippen molar-refractivity contribution in [3.8, 4) is 0 Å². The van der Waals surface area contributed by atoms with Crippen molar-refractivity contribution in [2.24, 2.45) is 11.7 Å². The Hall–Kier alpha value is -1.60. The largest absolute Gasteiger partial charge is 0.443 e. The molecule has 1 aliphatic heterocycles. The van der Waals surface area contributed by atoms with Crippen molar-refractivity contribution in [3.63, 3.8) is 0 Å². The predicted octanol–water partition coefficient (Wildman–Crippen LogP) is 1.50. The minimum atomic E-state index is -2.65. The molecule has 6 nitrogen and oxygen atoms in total. The van der Waals surface area contributed by atoms with Crippen LogP contribution in [0.4, 0.5) is 18.4 Å². The molecular weight excluding hydrogens is 272 g/mol. The minimum absolute atomic E-state index is 0.227. The van der Waals surface area contributed by atoms with Gasteiger partial charge in [0, 0.05) is 26.7 Å². The summed E-state index contributed by atoms with van der Waals surface area (Å²) < 4.78 is 28.5. The summed E-state index contributed by atoms with van der Waals surface area (Å²) in [4.78, 5) is 25.3. The van der Waals surface area contributed by atoms with Gasteiger partial charge in [0.1, 0.15) is 0 Å². The van der Waals surface area contributed by atoms with Crippen molar-refractivity contribution in [2.45, 2.75) is 25.7 Å². The first-order chi connectivity index (χ1) is 9.40. The van der Waals surface area contributed by atoms with Gasteiger partial charge in [0.15, 0.2) is 6.61 Å². The molecule has 8 heteroatoms. The van der Waals surface area contributed by atoms with E-state index >= 15 is 0 Å². The van der Waals surface area contributed by atoms with Crippen LogP contribution in [0.5, 0.6) is 0 Å². The van der Waals surface area contributed by atoms with Crippen molar-refractivity contribution in [2.75, 3.05) is 33.3 Å². The number of amides is 3. The molecule has 1 atom stereocenters. The van der Waals surface area contributed by atoms with Crippen LogP contribution in [-0.2, 0) is 4.74 Å². The first-order valence-electron chi connectivity index (χ1n) is 6.60. The minimum Gasteiger partial charge on any atom is -0.443 e. The van der Waals surface area contributed by atoms with Crippen molar-refractivity contribution in [3.05, 3.63) is 0 Å². The number of likely N-dealkylation sites (tertiary alicyclic amines) is 1. The van der Waals surface area contributed by atoms with E-state index in [0.717, 1.165) is 19.3 Å². The quantitative estimate of drug-likeness (QED) is 0.834. The summed E-state index contributed by atoms with van der Waals surface area (Å²) in [6, 6.07) is -0.492. The number of primary amides is 1. The number of ether oxygens (including phenoxy) is 1. The Morgan fingerprint density at radius 2 is 2.20 bits per heavy atom. The summed E-state index contributed by atoms with van der Waals surface area (Å²) in [6.07, 6.45) is -0.889. The van der Waals surface area contributed by atoms with Gasteiger partial charge in [0.25, 0.3) is 6.43 Å². The molecule has 2 N–H and O–H groups in total. The van der Waals surface area contributed by atoms with E-state index in [0.29, 0.717) is 19.6 Å². The second-order valence-electron chi connectivity index (χ2n) is 4.97. The molecule has 0 aromatic carbocycles. The number of nitrogens with zero attached hydrogens (tertiary/aromatic N) is 2. The zero-order valence-electron chi connectivity index (χ0n) is 11.6. The third kappa shape index (κ3) is 5.58. The highest BCUT2D eigenvalue weighted by Crippen LogP contribution is 2.20. The monoisotopic (exact) mass is 293 g/mol. The van der Waals surface area contributed by atoms with Gasteiger partial charge in [-0.1, -0.05) is 0 Å². The maximum absolute atomic E-state index is 12.0. The zero-order chi connectivity index (χ0) is 15.1. The number of hydrogen-bond donors (Lipinski definition) is 1. The van der Waals surface area contributed by atoms with Crippen LogP contribution in [0.2, 0.25) is 0 Å². The lowest BCUT2D eigenvalue weighted by Crippen LogP contribution is -2.42. The first-order valence-corrected chi connectivity index (χ1v) is 6.60. The normalized spacial score (nSPS) is 19.0. The van der Waals surface area contributed by atoms with Gasteiger partial charge in [0.2, 0.25) is 0 Å². The molecular formula is C12H21F2N3O3. The molecule has 1 heterocycles. The second kappa shape index (κ2) is 7.86. The molecule has 0 bridgehead atoms. The molecule has 0 aromatic rings. The van der Waals surface area contributed by atoms with Crippen molar-refractivity contribution < 1.29 is 23.1 Å². The fraction of sp³-hybridized carbons (Fsp3) is 0.833. The van der Waals surface area contributed by atoms with Crippen LogP contribution in [0.1, 0.15) is 19.3 Å². The molecule has 1 fully saturated rings. The van der Waals surface area contributed by atoms with Crippen LogP contribution in [0.25, 0.3) is 0 Å². The number of halogens is 2. The maximum Gasteiger partial charge on any atom is 0.409 e. The molecule has 116 valence electrons. The molecule has 0 saturated carbocycles. The van der Waals surface area contributed by atoms with Crippen LogP contribution >= 0.6 is 0 Å². The van der Waals surface area contributed by atoms with E-state index in [-0.39, 0.29) is 5.92 Å². The lowest BCUT2D eigenvalue weighted by molar-refractivity contribution is 0.0251. The second-order valence-corrected chi connectivity index (χ2v) is 4.97. The van der Waals surface area contributed by atoms with Crippen molar-refractivity contribution in [1.82, 2.24) is 9.80 Å². The van der Waals surface area contributed by atoms with Gasteiger partial charge in [-0.2, -0.15) is 0 Å². The average Bonchev–Trinajstić information content (AvgIpc) is 2.42. The zero-order valence-corrected chi connectivity index (χ0v) is 11.6. The standard InChI is InChI=1S/C12H21F2N3O3/c1-16(11(15)18)6-4-9-3-2-5-17(7-9)12(19)20-8-10(13)14/h9-10H,2-8H2,1H3,(H2,15,18). The van der Waals surface area contributed by atoms with E-state index in [2.05, 4.69) is 4.74 Å². The summed E-state index contributed by atoms with van der Waals surface area (Å²) in [5.41, 5.74) is 5.13. The van der Waals surface area contributed by atoms with E-state index < -0.39 is 25.2 Å².